The minimum absolute atomic E-state index is 0.113. The zero-order valence-electron chi connectivity index (χ0n) is 21.4. The molecule has 0 spiro atoms. The van der Waals surface area contributed by atoms with E-state index in [2.05, 4.69) is 32.5 Å². The topological polar surface area (TPSA) is 100 Å². The number of hydrogen-bond acceptors (Lipinski definition) is 4. The molecule has 3 N–H and O–H groups in total. The van der Waals surface area contributed by atoms with Crippen LogP contribution in [0.25, 0.3) is 0 Å². The third-order valence-electron chi connectivity index (χ3n) is 5.08. The average Bonchev–Trinajstić information content (AvgIpc) is 3.21. The third kappa shape index (κ3) is 9.05. The lowest BCUT2D eigenvalue weighted by molar-refractivity contribution is -0.137. The van der Waals surface area contributed by atoms with Crippen molar-refractivity contribution < 1.29 is 31.5 Å². The van der Waals surface area contributed by atoms with Gasteiger partial charge in [0, 0.05) is 7.05 Å². The van der Waals surface area contributed by atoms with Crippen LogP contribution in [0.2, 0.25) is 0 Å². The van der Waals surface area contributed by atoms with Crippen LogP contribution >= 0.6 is 0 Å². The molecule has 0 unspecified atom stereocenters. The van der Waals surface area contributed by atoms with Gasteiger partial charge in [-0.25, -0.2) is 13.8 Å². The Morgan fingerprint density at radius 2 is 1.77 bits per heavy atom. The number of aromatic nitrogens is 2. The summed E-state index contributed by atoms with van der Waals surface area (Å²) in [6.07, 6.45) is -2.44. The molecule has 208 valence electrons. The van der Waals surface area contributed by atoms with E-state index in [1.54, 1.807) is 23.7 Å². The number of fused-ring (bicyclic) bond motifs is 1. The molecule has 3 aromatic rings. The summed E-state index contributed by atoms with van der Waals surface area (Å²) >= 11 is 0. The molecular formula is C26H27F5N6O2. The van der Waals surface area contributed by atoms with Crippen LogP contribution in [0.3, 0.4) is 0 Å². The number of aliphatic imine (C=N–C) groups is 1. The SMILES string of the molecule is C=CNC(=NC)c1nc(NC=O)c2n1CC(=O)NC2.Cc1cc(F)cc(C(F)(F)F)c1.Cc1ccc(F)cc1. The molecule has 4 rings (SSSR count). The van der Waals surface area contributed by atoms with Crippen molar-refractivity contribution in [2.24, 2.45) is 4.99 Å². The Bertz CT molecular complexity index is 1290. The number of benzene rings is 2. The van der Waals surface area contributed by atoms with Crippen molar-refractivity contribution >= 4 is 24.0 Å². The maximum Gasteiger partial charge on any atom is 0.416 e. The fraction of sp³-hybridized carbons (Fsp3) is 0.231. The zero-order chi connectivity index (χ0) is 29.2. The van der Waals surface area contributed by atoms with E-state index in [0.29, 0.717) is 36.5 Å². The van der Waals surface area contributed by atoms with Crippen LogP contribution in [-0.4, -0.2) is 34.8 Å². The van der Waals surface area contributed by atoms with Crippen molar-refractivity contribution in [3.05, 3.63) is 95.1 Å². The van der Waals surface area contributed by atoms with Crippen molar-refractivity contribution in [3.8, 4) is 0 Å². The molecule has 0 bridgehead atoms. The van der Waals surface area contributed by atoms with Crippen molar-refractivity contribution in [2.75, 3.05) is 12.4 Å². The Labute approximate surface area is 221 Å². The Kier molecular flexibility index (Phi) is 10.9. The minimum Gasteiger partial charge on any atom is -0.349 e. The van der Waals surface area contributed by atoms with Crippen molar-refractivity contribution in [2.45, 2.75) is 33.1 Å². The van der Waals surface area contributed by atoms with Gasteiger partial charge < -0.3 is 20.5 Å². The second-order valence-electron chi connectivity index (χ2n) is 8.09. The third-order valence-corrected chi connectivity index (χ3v) is 5.08. The Morgan fingerprint density at radius 3 is 2.28 bits per heavy atom. The number of imidazole rings is 1. The van der Waals surface area contributed by atoms with Gasteiger partial charge in [0.25, 0.3) is 0 Å². The molecule has 1 aliphatic rings. The molecule has 2 amide bonds. The molecule has 2 heterocycles. The van der Waals surface area contributed by atoms with Gasteiger partial charge in [-0.05, 0) is 55.9 Å². The number of hydrogen-bond donors (Lipinski definition) is 3. The van der Waals surface area contributed by atoms with Crippen molar-refractivity contribution in [1.29, 1.82) is 0 Å². The lowest BCUT2D eigenvalue weighted by Gasteiger charge is -2.18. The fourth-order valence-corrected chi connectivity index (χ4v) is 3.33. The number of carbonyl (C=O) groups excluding carboxylic acids is 2. The first-order chi connectivity index (χ1) is 18.4. The average molecular weight is 551 g/mol. The number of rotatable bonds is 4. The van der Waals surface area contributed by atoms with Crippen molar-refractivity contribution in [3.63, 3.8) is 0 Å². The van der Waals surface area contributed by atoms with Gasteiger partial charge in [-0.2, -0.15) is 13.2 Å². The first-order valence-corrected chi connectivity index (χ1v) is 11.4. The maximum atomic E-state index is 12.5. The van der Waals surface area contributed by atoms with Gasteiger partial charge >= 0.3 is 6.18 Å². The summed E-state index contributed by atoms with van der Waals surface area (Å²) in [6.45, 7) is 7.36. The van der Waals surface area contributed by atoms with E-state index in [9.17, 15) is 31.5 Å². The van der Waals surface area contributed by atoms with E-state index in [1.807, 2.05) is 6.92 Å². The van der Waals surface area contributed by atoms with Gasteiger partial charge in [-0.1, -0.05) is 24.3 Å². The van der Waals surface area contributed by atoms with Gasteiger partial charge in [0.05, 0.1) is 17.8 Å². The molecule has 0 saturated heterocycles. The van der Waals surface area contributed by atoms with E-state index in [4.69, 9.17) is 0 Å². The lowest BCUT2D eigenvalue weighted by Crippen LogP contribution is -2.36. The van der Waals surface area contributed by atoms with Gasteiger partial charge in [0.1, 0.15) is 18.2 Å². The van der Waals surface area contributed by atoms with Crippen LogP contribution in [0.5, 0.6) is 0 Å². The van der Waals surface area contributed by atoms with Crippen LogP contribution in [0, 0.1) is 25.5 Å². The number of carbonyl (C=O) groups is 2. The highest BCUT2D eigenvalue weighted by atomic mass is 19.4. The smallest absolute Gasteiger partial charge is 0.349 e. The number of halogens is 5. The molecule has 0 aliphatic carbocycles. The maximum absolute atomic E-state index is 12.5. The molecule has 8 nitrogen and oxygen atoms in total. The van der Waals surface area contributed by atoms with E-state index in [-0.39, 0.29) is 23.8 Å². The highest BCUT2D eigenvalue weighted by molar-refractivity contribution is 5.98. The monoisotopic (exact) mass is 550 g/mol. The van der Waals surface area contributed by atoms with Crippen LogP contribution in [-0.2, 0) is 28.9 Å². The molecule has 0 radical (unpaired) electrons. The van der Waals surface area contributed by atoms with Crippen LogP contribution in [0.4, 0.5) is 27.8 Å². The second-order valence-corrected chi connectivity index (χ2v) is 8.09. The van der Waals surface area contributed by atoms with Crippen LogP contribution in [0.1, 0.15) is 28.2 Å². The summed E-state index contributed by atoms with van der Waals surface area (Å²) in [5.41, 5.74) is 1.14. The minimum atomic E-state index is -4.47. The first-order valence-electron chi connectivity index (χ1n) is 11.4. The van der Waals surface area contributed by atoms with Gasteiger partial charge in [0.15, 0.2) is 17.5 Å². The standard InChI is InChI=1S/C11H14N6O2.C8H6F4.C7H7F/c1-3-13-10(12-2)11-16-9(15-6-18)7-4-14-8(19)5-17(7)11;1-5-2-6(8(10,11)12)4-7(9)3-5;1-6-2-4-7(8)5-3-6/h3,6H,1,4-5H2,2H3,(H,12,13)(H,14,19)(H,15,18);2-4H,1H3;2-5H,1H3. The Morgan fingerprint density at radius 1 is 1.10 bits per heavy atom. The summed E-state index contributed by atoms with van der Waals surface area (Å²) in [4.78, 5) is 30.4. The van der Waals surface area contributed by atoms with E-state index >= 15 is 0 Å². The van der Waals surface area contributed by atoms with Gasteiger partial charge in [-0.15, -0.1) is 0 Å². The number of aryl methyl sites for hydroxylation is 2. The van der Waals surface area contributed by atoms with E-state index in [1.165, 1.54) is 25.3 Å². The molecule has 0 atom stereocenters. The molecule has 13 heteroatoms. The van der Waals surface area contributed by atoms with E-state index < -0.39 is 17.6 Å². The summed E-state index contributed by atoms with van der Waals surface area (Å²) < 4.78 is 62.2. The predicted molar refractivity (Wildman–Crippen MR) is 137 cm³/mol. The highest BCUT2D eigenvalue weighted by Crippen LogP contribution is 2.30. The van der Waals surface area contributed by atoms with Gasteiger partial charge in [0.2, 0.25) is 12.3 Å². The summed E-state index contributed by atoms with van der Waals surface area (Å²) in [6, 6.07) is 8.83. The largest absolute Gasteiger partial charge is 0.416 e. The first kappa shape index (κ1) is 30.7. The molecule has 2 aromatic carbocycles. The normalized spacial score (nSPS) is 12.5. The summed E-state index contributed by atoms with van der Waals surface area (Å²) in [5.74, 6) is 0.231. The van der Waals surface area contributed by atoms with Gasteiger partial charge in [-0.3, -0.25) is 14.6 Å². The zero-order valence-corrected chi connectivity index (χ0v) is 21.4. The Hall–Kier alpha value is -4.55. The number of amidine groups is 1. The van der Waals surface area contributed by atoms with Crippen LogP contribution in [0.15, 0.2) is 60.2 Å². The fourth-order valence-electron chi connectivity index (χ4n) is 3.33. The lowest BCUT2D eigenvalue weighted by atomic mass is 10.1. The molecule has 0 fully saturated rings. The number of amides is 2. The van der Waals surface area contributed by atoms with Crippen molar-refractivity contribution in [1.82, 2.24) is 20.2 Å². The second kappa shape index (κ2) is 13.8. The quantitative estimate of drug-likeness (QED) is 0.193. The number of anilines is 1. The number of nitrogens with one attached hydrogen (secondary N) is 3. The number of nitrogens with zero attached hydrogens (tertiary/aromatic N) is 3. The van der Waals surface area contributed by atoms with E-state index in [0.717, 1.165) is 23.4 Å². The molecule has 1 aliphatic heterocycles. The highest BCUT2D eigenvalue weighted by Gasteiger charge is 2.31. The summed E-state index contributed by atoms with van der Waals surface area (Å²) in [5, 5.41) is 8.07. The molecule has 0 saturated carbocycles. The Balaban J connectivity index is 0.000000227. The number of alkyl halides is 3. The predicted octanol–water partition coefficient (Wildman–Crippen LogP) is 4.48. The summed E-state index contributed by atoms with van der Waals surface area (Å²) in [7, 11) is 1.60. The van der Waals surface area contributed by atoms with Crippen LogP contribution < -0.4 is 16.0 Å². The molecule has 1 aromatic heterocycles. The molecular weight excluding hydrogens is 523 g/mol. The molecule has 39 heavy (non-hydrogen) atoms.